The molecule has 0 saturated carbocycles. The predicted molar refractivity (Wildman–Crippen MR) is 72.6 cm³/mol. The Morgan fingerprint density at radius 3 is 2.95 bits per heavy atom. The van der Waals surface area contributed by atoms with Crippen molar-refractivity contribution in [3.05, 3.63) is 44.9 Å². The summed E-state index contributed by atoms with van der Waals surface area (Å²) in [5.74, 6) is -1.11. The Morgan fingerprint density at radius 2 is 2.37 bits per heavy atom. The van der Waals surface area contributed by atoms with Crippen LogP contribution in [0, 0.1) is 11.3 Å². The molecule has 0 aliphatic heterocycles. The van der Waals surface area contributed by atoms with Gasteiger partial charge in [-0.2, -0.15) is 5.26 Å². The van der Waals surface area contributed by atoms with E-state index >= 15 is 0 Å². The number of hydrogen-bond acceptors (Lipinski definition) is 5. The van der Waals surface area contributed by atoms with Crippen LogP contribution in [-0.4, -0.2) is 16.1 Å². The van der Waals surface area contributed by atoms with E-state index in [-0.39, 0.29) is 11.1 Å². The Hall–Kier alpha value is -2.10. The lowest BCUT2D eigenvalue weighted by atomic mass is 10.1. The van der Waals surface area contributed by atoms with Crippen LogP contribution >= 0.6 is 22.9 Å². The molecular weight excluding hydrogens is 286 g/mol. The second-order valence-corrected chi connectivity index (χ2v) is 5.31. The molecule has 0 atom stereocenters. The van der Waals surface area contributed by atoms with Crippen LogP contribution in [0.1, 0.15) is 20.8 Å². The molecule has 5 nitrogen and oxygen atoms in total. The molecule has 0 spiro atoms. The minimum Gasteiger partial charge on any atom is -0.478 e. The molecule has 96 valence electrons. The monoisotopic (exact) mass is 293 g/mol. The number of nitrogens with zero attached hydrogens (tertiary/aromatic N) is 2. The zero-order valence-electron chi connectivity index (χ0n) is 9.55. The first-order valence-corrected chi connectivity index (χ1v) is 6.41. The number of nitrogens with one attached hydrogen (secondary N) is 1. The van der Waals surface area contributed by atoms with Gasteiger partial charge in [-0.1, -0.05) is 11.6 Å². The van der Waals surface area contributed by atoms with E-state index in [1.807, 2.05) is 6.07 Å². The number of halogens is 1. The topological polar surface area (TPSA) is 86.0 Å². The number of nitriles is 1. The Labute approximate surface area is 118 Å². The second kappa shape index (κ2) is 5.69. The van der Waals surface area contributed by atoms with Crippen molar-refractivity contribution in [1.29, 1.82) is 5.26 Å². The highest BCUT2D eigenvalue weighted by Gasteiger charge is 2.10. The van der Waals surface area contributed by atoms with Gasteiger partial charge in [0.05, 0.1) is 17.7 Å². The molecule has 0 aliphatic carbocycles. The van der Waals surface area contributed by atoms with E-state index in [0.717, 1.165) is 4.88 Å². The molecule has 0 unspecified atom stereocenters. The predicted octanol–water partition coefficient (Wildman–Crippen LogP) is 2.98. The van der Waals surface area contributed by atoms with Gasteiger partial charge >= 0.3 is 5.97 Å². The molecule has 1 aromatic heterocycles. The molecule has 0 amide bonds. The van der Waals surface area contributed by atoms with Crippen molar-refractivity contribution in [3.63, 3.8) is 0 Å². The number of hydrogen-bond donors (Lipinski definition) is 2. The van der Waals surface area contributed by atoms with Gasteiger partial charge < -0.3 is 10.4 Å². The molecule has 0 fully saturated rings. The normalized spacial score (nSPS) is 9.89. The zero-order valence-corrected chi connectivity index (χ0v) is 11.1. The number of rotatable bonds is 4. The lowest BCUT2D eigenvalue weighted by Gasteiger charge is -2.06. The fraction of sp³-hybridized carbons (Fsp3) is 0.0833. The molecule has 19 heavy (non-hydrogen) atoms. The summed E-state index contributed by atoms with van der Waals surface area (Å²) in [6.45, 7) is 0.516. The van der Waals surface area contributed by atoms with Gasteiger partial charge in [0, 0.05) is 16.8 Å². The molecule has 1 heterocycles. The average Bonchev–Trinajstić information content (AvgIpc) is 2.81. The van der Waals surface area contributed by atoms with Crippen LogP contribution in [0.5, 0.6) is 0 Å². The van der Waals surface area contributed by atoms with Crippen molar-refractivity contribution in [1.82, 2.24) is 4.98 Å². The summed E-state index contributed by atoms with van der Waals surface area (Å²) in [6.07, 6.45) is 1.66. The van der Waals surface area contributed by atoms with E-state index in [4.69, 9.17) is 22.0 Å². The standard InChI is InChI=1S/C12H8ClN3O2S/c13-12-16-6-9(19-12)5-15-8-1-2-10(11(17)18)7(3-8)4-14/h1-3,6,15H,5H2,(H,17,18). The molecule has 0 aliphatic rings. The molecular formula is C12H8ClN3O2S. The van der Waals surface area contributed by atoms with Crippen molar-refractivity contribution in [2.45, 2.75) is 6.54 Å². The molecule has 0 bridgehead atoms. The highest BCUT2D eigenvalue weighted by Crippen LogP contribution is 2.20. The summed E-state index contributed by atoms with van der Waals surface area (Å²) < 4.78 is 0.468. The molecule has 2 rings (SSSR count). The first-order chi connectivity index (χ1) is 9.10. The largest absolute Gasteiger partial charge is 0.478 e. The van der Waals surface area contributed by atoms with Crippen molar-refractivity contribution in [3.8, 4) is 6.07 Å². The fourth-order valence-electron chi connectivity index (χ4n) is 1.49. The Bertz CT molecular complexity index is 663. The highest BCUT2D eigenvalue weighted by molar-refractivity contribution is 7.15. The lowest BCUT2D eigenvalue weighted by Crippen LogP contribution is -2.03. The number of carboxylic acids is 1. The van der Waals surface area contributed by atoms with Gasteiger partial charge in [0.1, 0.15) is 6.07 Å². The van der Waals surface area contributed by atoms with Crippen molar-refractivity contribution >= 4 is 34.6 Å². The number of carboxylic acid groups (broad SMARTS) is 1. The Kier molecular flexibility index (Phi) is 4.00. The van der Waals surface area contributed by atoms with Gasteiger partial charge in [0.25, 0.3) is 0 Å². The summed E-state index contributed by atoms with van der Waals surface area (Å²) >= 11 is 7.07. The number of thiazole rings is 1. The van der Waals surface area contributed by atoms with E-state index in [0.29, 0.717) is 16.7 Å². The van der Waals surface area contributed by atoms with Crippen LogP contribution in [0.4, 0.5) is 5.69 Å². The average molecular weight is 294 g/mol. The third-order valence-corrected chi connectivity index (χ3v) is 3.48. The van der Waals surface area contributed by atoms with Crippen LogP contribution in [0.15, 0.2) is 24.4 Å². The van der Waals surface area contributed by atoms with Gasteiger partial charge in [-0.15, -0.1) is 11.3 Å². The molecule has 1 aromatic carbocycles. The van der Waals surface area contributed by atoms with Gasteiger partial charge in [-0.25, -0.2) is 9.78 Å². The molecule has 0 radical (unpaired) electrons. The minimum atomic E-state index is -1.11. The number of carbonyl (C=O) groups is 1. The van der Waals surface area contributed by atoms with Crippen molar-refractivity contribution in [2.75, 3.05) is 5.32 Å². The zero-order chi connectivity index (χ0) is 13.8. The fourth-order valence-corrected chi connectivity index (χ4v) is 2.41. The summed E-state index contributed by atoms with van der Waals surface area (Å²) in [6, 6.07) is 6.40. The second-order valence-electron chi connectivity index (χ2n) is 3.61. The third kappa shape index (κ3) is 3.22. The SMILES string of the molecule is N#Cc1cc(NCc2cnc(Cl)s2)ccc1C(=O)O. The maximum atomic E-state index is 10.9. The number of anilines is 1. The molecule has 7 heteroatoms. The Balaban J connectivity index is 2.14. The first-order valence-electron chi connectivity index (χ1n) is 5.21. The molecule has 2 aromatic rings. The van der Waals surface area contributed by atoms with E-state index < -0.39 is 5.97 Å². The summed E-state index contributed by atoms with van der Waals surface area (Å²) in [5.41, 5.74) is 0.791. The van der Waals surface area contributed by atoms with Crippen LogP contribution < -0.4 is 5.32 Å². The summed E-state index contributed by atoms with van der Waals surface area (Å²) in [7, 11) is 0. The van der Waals surface area contributed by atoms with E-state index in [1.54, 1.807) is 12.3 Å². The van der Waals surface area contributed by atoms with Gasteiger partial charge in [0.2, 0.25) is 0 Å². The number of aromatic nitrogens is 1. The van der Waals surface area contributed by atoms with Crippen LogP contribution in [0.25, 0.3) is 0 Å². The summed E-state index contributed by atoms with van der Waals surface area (Å²) in [5, 5.41) is 20.9. The van der Waals surface area contributed by atoms with Crippen LogP contribution in [0.2, 0.25) is 4.47 Å². The van der Waals surface area contributed by atoms with Crippen molar-refractivity contribution < 1.29 is 9.90 Å². The summed E-state index contributed by atoms with van der Waals surface area (Å²) in [4.78, 5) is 15.7. The maximum Gasteiger partial charge on any atom is 0.337 e. The quantitative estimate of drug-likeness (QED) is 0.905. The molecule has 0 saturated heterocycles. The third-order valence-electron chi connectivity index (χ3n) is 2.36. The van der Waals surface area contributed by atoms with E-state index in [1.165, 1.54) is 23.5 Å². The van der Waals surface area contributed by atoms with Gasteiger partial charge in [0.15, 0.2) is 4.47 Å². The van der Waals surface area contributed by atoms with Crippen LogP contribution in [0.3, 0.4) is 0 Å². The van der Waals surface area contributed by atoms with E-state index in [9.17, 15) is 4.79 Å². The Morgan fingerprint density at radius 1 is 1.58 bits per heavy atom. The number of benzene rings is 1. The smallest absolute Gasteiger partial charge is 0.337 e. The highest BCUT2D eigenvalue weighted by atomic mass is 35.5. The minimum absolute atomic E-state index is 0.00566. The molecule has 2 N–H and O–H groups in total. The van der Waals surface area contributed by atoms with Crippen LogP contribution in [-0.2, 0) is 6.54 Å². The van der Waals surface area contributed by atoms with Gasteiger partial charge in [-0.05, 0) is 18.2 Å². The maximum absolute atomic E-state index is 10.9. The lowest BCUT2D eigenvalue weighted by molar-refractivity contribution is 0.0696. The van der Waals surface area contributed by atoms with Crippen molar-refractivity contribution in [2.24, 2.45) is 0 Å². The van der Waals surface area contributed by atoms with Gasteiger partial charge in [-0.3, -0.25) is 0 Å². The number of aromatic carboxylic acids is 1. The first kappa shape index (κ1) is 13.3. The van der Waals surface area contributed by atoms with E-state index in [2.05, 4.69) is 10.3 Å².